The van der Waals surface area contributed by atoms with Gasteiger partial charge in [-0.05, 0) is 19.9 Å². The van der Waals surface area contributed by atoms with E-state index in [1.807, 2.05) is 17.4 Å². The quantitative estimate of drug-likeness (QED) is 0.391. The Morgan fingerprint density at radius 1 is 1.56 bits per heavy atom. The van der Waals surface area contributed by atoms with Crippen molar-refractivity contribution in [1.82, 2.24) is 10.5 Å². The van der Waals surface area contributed by atoms with E-state index >= 15 is 0 Å². The molecule has 1 rings (SSSR count). The molecular weight excluding hydrogens is 212 g/mol. The van der Waals surface area contributed by atoms with Crippen molar-refractivity contribution < 1.29 is 14.4 Å². The third-order valence-electron chi connectivity index (χ3n) is 2.95. The van der Waals surface area contributed by atoms with Gasteiger partial charge < -0.3 is 15.5 Å². The zero-order chi connectivity index (χ0) is 12.2. The molecule has 1 fully saturated rings. The van der Waals surface area contributed by atoms with E-state index in [0.717, 1.165) is 13.0 Å². The van der Waals surface area contributed by atoms with E-state index in [0.29, 0.717) is 13.1 Å². The maximum atomic E-state index is 11.2. The summed E-state index contributed by atoms with van der Waals surface area (Å²) >= 11 is 0. The number of nitrogens with two attached hydrogens (primary N) is 2. The van der Waals surface area contributed by atoms with Gasteiger partial charge in [-0.3, -0.25) is 9.59 Å². The molecule has 7 heteroatoms. The second kappa shape index (κ2) is 5.24. The minimum atomic E-state index is -0.476. The van der Waals surface area contributed by atoms with Gasteiger partial charge in [0.15, 0.2) is 0 Å². The molecule has 0 bridgehead atoms. The molecule has 0 saturated carbocycles. The number of nitrogens with one attached hydrogen (secondary N) is 1. The summed E-state index contributed by atoms with van der Waals surface area (Å²) in [6, 6.07) is 0. The van der Waals surface area contributed by atoms with E-state index in [4.69, 9.17) is 11.6 Å². The third-order valence-corrected chi connectivity index (χ3v) is 2.95. The number of nitrogens with zero attached hydrogens (tertiary/aromatic N) is 1. The molecule has 16 heavy (non-hydrogen) atoms. The summed E-state index contributed by atoms with van der Waals surface area (Å²) < 4.78 is 0. The SMILES string of the molecule is CC1(C(N)=O)CCN(CCC(=O)ONN)C1. The molecule has 1 aliphatic heterocycles. The van der Waals surface area contributed by atoms with Gasteiger partial charge in [0.05, 0.1) is 11.8 Å². The average Bonchev–Trinajstić information content (AvgIpc) is 2.59. The molecule has 0 aromatic rings. The second-order valence-corrected chi connectivity index (χ2v) is 4.29. The molecule has 1 saturated heterocycles. The van der Waals surface area contributed by atoms with Crippen molar-refractivity contribution in [1.29, 1.82) is 0 Å². The van der Waals surface area contributed by atoms with Crippen molar-refractivity contribution in [2.45, 2.75) is 19.8 Å². The van der Waals surface area contributed by atoms with Gasteiger partial charge >= 0.3 is 5.97 Å². The molecule has 0 aliphatic carbocycles. The van der Waals surface area contributed by atoms with Crippen LogP contribution in [0.5, 0.6) is 0 Å². The molecule has 0 radical (unpaired) electrons. The number of amides is 1. The molecule has 0 aromatic carbocycles. The molecule has 1 unspecified atom stereocenters. The van der Waals surface area contributed by atoms with Crippen LogP contribution in [0.2, 0.25) is 0 Å². The van der Waals surface area contributed by atoms with Crippen molar-refractivity contribution >= 4 is 11.9 Å². The molecule has 1 atom stereocenters. The topological polar surface area (TPSA) is 111 Å². The Hall–Kier alpha value is -1.18. The summed E-state index contributed by atoms with van der Waals surface area (Å²) in [4.78, 5) is 28.6. The van der Waals surface area contributed by atoms with E-state index in [2.05, 4.69) is 4.84 Å². The predicted molar refractivity (Wildman–Crippen MR) is 56.4 cm³/mol. The predicted octanol–water partition coefficient (Wildman–Crippen LogP) is -1.50. The molecule has 1 amide bonds. The fraction of sp³-hybridized carbons (Fsp3) is 0.778. The molecule has 0 aromatic heterocycles. The lowest BCUT2D eigenvalue weighted by Gasteiger charge is -2.20. The van der Waals surface area contributed by atoms with Crippen LogP contribution in [0.15, 0.2) is 0 Å². The lowest BCUT2D eigenvalue weighted by atomic mass is 9.89. The number of carbonyl (C=O) groups is 2. The maximum absolute atomic E-state index is 11.2. The first-order chi connectivity index (χ1) is 7.48. The Labute approximate surface area is 94.0 Å². The van der Waals surface area contributed by atoms with Crippen LogP contribution in [-0.2, 0) is 14.4 Å². The minimum absolute atomic E-state index is 0.235. The number of hydrogen-bond donors (Lipinski definition) is 3. The summed E-state index contributed by atoms with van der Waals surface area (Å²) in [6.45, 7) is 3.74. The largest absolute Gasteiger partial charge is 0.369 e. The first kappa shape index (κ1) is 12.9. The Balaban J connectivity index is 2.32. The average molecular weight is 230 g/mol. The number of rotatable bonds is 5. The van der Waals surface area contributed by atoms with Gasteiger partial charge in [-0.25, -0.2) is 5.84 Å². The van der Waals surface area contributed by atoms with E-state index in [1.165, 1.54) is 0 Å². The van der Waals surface area contributed by atoms with Crippen molar-refractivity contribution in [3.8, 4) is 0 Å². The molecule has 0 spiro atoms. The normalized spacial score (nSPS) is 25.6. The van der Waals surface area contributed by atoms with Gasteiger partial charge in [-0.1, -0.05) is 5.59 Å². The lowest BCUT2D eigenvalue weighted by molar-refractivity contribution is -0.151. The molecule has 92 valence electrons. The second-order valence-electron chi connectivity index (χ2n) is 4.29. The number of hydrazine groups is 1. The standard InChI is InChI=1S/C9H18N4O3/c1-9(8(10)15)3-5-13(6-9)4-2-7(14)16-12-11/h12H,2-6,11H2,1H3,(H2,10,15). The van der Waals surface area contributed by atoms with Crippen LogP contribution in [0.1, 0.15) is 19.8 Å². The number of hydrogen-bond acceptors (Lipinski definition) is 6. The van der Waals surface area contributed by atoms with E-state index < -0.39 is 11.4 Å². The van der Waals surface area contributed by atoms with E-state index in [1.54, 1.807) is 0 Å². The van der Waals surface area contributed by atoms with Gasteiger partial charge in [0, 0.05) is 13.1 Å². The Morgan fingerprint density at radius 3 is 2.75 bits per heavy atom. The molecule has 7 nitrogen and oxygen atoms in total. The monoisotopic (exact) mass is 230 g/mol. The first-order valence-corrected chi connectivity index (χ1v) is 5.15. The fourth-order valence-electron chi connectivity index (χ4n) is 1.81. The maximum Gasteiger partial charge on any atom is 0.327 e. The highest BCUT2D eigenvalue weighted by Crippen LogP contribution is 2.29. The van der Waals surface area contributed by atoms with Crippen LogP contribution < -0.4 is 17.2 Å². The molecular formula is C9H18N4O3. The minimum Gasteiger partial charge on any atom is -0.369 e. The van der Waals surface area contributed by atoms with Gasteiger partial charge in [0.2, 0.25) is 5.91 Å². The van der Waals surface area contributed by atoms with Crippen LogP contribution >= 0.6 is 0 Å². The molecule has 1 aliphatic rings. The summed E-state index contributed by atoms with van der Waals surface area (Å²) in [5, 5.41) is 0. The van der Waals surface area contributed by atoms with Crippen LogP contribution in [0.4, 0.5) is 0 Å². The van der Waals surface area contributed by atoms with Crippen LogP contribution in [0, 0.1) is 5.41 Å². The number of primary amides is 1. The third kappa shape index (κ3) is 3.16. The fourth-order valence-corrected chi connectivity index (χ4v) is 1.81. The van der Waals surface area contributed by atoms with Gasteiger partial charge in [0.1, 0.15) is 0 Å². The zero-order valence-electron chi connectivity index (χ0n) is 9.36. The van der Waals surface area contributed by atoms with Crippen LogP contribution in [0.3, 0.4) is 0 Å². The summed E-state index contributed by atoms with van der Waals surface area (Å²) in [6.07, 6.45) is 0.964. The zero-order valence-corrected chi connectivity index (χ0v) is 9.36. The van der Waals surface area contributed by atoms with Crippen molar-refractivity contribution in [3.05, 3.63) is 0 Å². The van der Waals surface area contributed by atoms with Crippen LogP contribution in [0.25, 0.3) is 0 Å². The summed E-state index contributed by atoms with van der Waals surface area (Å²) in [7, 11) is 0. The number of carbonyl (C=O) groups excluding carboxylic acids is 2. The molecule has 1 heterocycles. The van der Waals surface area contributed by atoms with Gasteiger partial charge in [-0.2, -0.15) is 0 Å². The lowest BCUT2D eigenvalue weighted by Crippen LogP contribution is -2.37. The Kier molecular flexibility index (Phi) is 4.22. The summed E-state index contributed by atoms with van der Waals surface area (Å²) in [5.41, 5.74) is 6.67. The highest BCUT2D eigenvalue weighted by atomic mass is 16.7. The smallest absolute Gasteiger partial charge is 0.327 e. The highest BCUT2D eigenvalue weighted by Gasteiger charge is 2.38. The summed E-state index contributed by atoms with van der Waals surface area (Å²) in [5.74, 6) is 4.12. The number of likely N-dealkylation sites (tertiary alicyclic amines) is 1. The highest BCUT2D eigenvalue weighted by molar-refractivity contribution is 5.81. The van der Waals surface area contributed by atoms with E-state index in [-0.39, 0.29) is 12.3 Å². The Morgan fingerprint density at radius 2 is 2.25 bits per heavy atom. The van der Waals surface area contributed by atoms with E-state index in [9.17, 15) is 9.59 Å². The Bertz CT molecular complexity index is 284. The van der Waals surface area contributed by atoms with Crippen molar-refractivity contribution in [2.75, 3.05) is 19.6 Å². The first-order valence-electron chi connectivity index (χ1n) is 5.15. The van der Waals surface area contributed by atoms with Gasteiger partial charge in [-0.15, -0.1) is 0 Å². The van der Waals surface area contributed by atoms with Gasteiger partial charge in [0.25, 0.3) is 0 Å². The van der Waals surface area contributed by atoms with Crippen LogP contribution in [-0.4, -0.2) is 36.4 Å². The molecule has 5 N–H and O–H groups in total. The van der Waals surface area contributed by atoms with Crippen molar-refractivity contribution in [2.24, 2.45) is 17.0 Å². The van der Waals surface area contributed by atoms with Crippen molar-refractivity contribution in [3.63, 3.8) is 0 Å².